The second kappa shape index (κ2) is 5.05. The lowest BCUT2D eigenvalue weighted by molar-refractivity contribution is 0.197. The number of hydrogen-bond donors (Lipinski definition) is 1. The first-order valence-electron chi connectivity index (χ1n) is 4.59. The first kappa shape index (κ1) is 10.3. The van der Waals surface area contributed by atoms with Crippen LogP contribution in [0.15, 0.2) is 0 Å². The molecule has 3 heteroatoms. The summed E-state index contributed by atoms with van der Waals surface area (Å²) < 4.78 is 4.95. The van der Waals surface area contributed by atoms with Gasteiger partial charge in [-0.3, -0.25) is 0 Å². The standard InChI is InChI=1S/C9H18ClNO/c1-12-7-6-11-8-9(2-3-9)4-5-10/h11H,2-8H2,1H3. The van der Waals surface area contributed by atoms with Gasteiger partial charge >= 0.3 is 0 Å². The van der Waals surface area contributed by atoms with E-state index in [0.29, 0.717) is 5.41 Å². The Morgan fingerprint density at radius 3 is 2.75 bits per heavy atom. The Labute approximate surface area is 79.6 Å². The van der Waals surface area contributed by atoms with Gasteiger partial charge in [0, 0.05) is 26.1 Å². The molecule has 1 rings (SSSR count). The first-order chi connectivity index (χ1) is 5.83. The predicted molar refractivity (Wildman–Crippen MR) is 51.7 cm³/mol. The number of rotatable bonds is 7. The molecule has 1 aliphatic carbocycles. The van der Waals surface area contributed by atoms with Crippen molar-refractivity contribution in [1.29, 1.82) is 0 Å². The molecule has 1 fully saturated rings. The Kier molecular flexibility index (Phi) is 4.33. The number of alkyl halides is 1. The summed E-state index contributed by atoms with van der Waals surface area (Å²) in [5.74, 6) is 0.798. The molecule has 0 aromatic rings. The monoisotopic (exact) mass is 191 g/mol. The van der Waals surface area contributed by atoms with Gasteiger partial charge in [-0.2, -0.15) is 0 Å². The largest absolute Gasteiger partial charge is 0.383 e. The molecule has 0 heterocycles. The number of methoxy groups -OCH3 is 1. The summed E-state index contributed by atoms with van der Waals surface area (Å²) in [6, 6.07) is 0. The van der Waals surface area contributed by atoms with Gasteiger partial charge in [0.25, 0.3) is 0 Å². The summed E-state index contributed by atoms with van der Waals surface area (Å²) in [6.07, 6.45) is 3.86. The molecule has 0 aliphatic heterocycles. The molecule has 0 atom stereocenters. The summed E-state index contributed by atoms with van der Waals surface area (Å²) in [7, 11) is 1.73. The van der Waals surface area contributed by atoms with E-state index in [2.05, 4.69) is 5.32 Å². The summed E-state index contributed by atoms with van der Waals surface area (Å²) in [4.78, 5) is 0. The van der Waals surface area contributed by atoms with Crippen molar-refractivity contribution < 1.29 is 4.74 Å². The van der Waals surface area contributed by atoms with E-state index >= 15 is 0 Å². The maximum absolute atomic E-state index is 5.71. The number of hydrogen-bond acceptors (Lipinski definition) is 2. The van der Waals surface area contributed by atoms with Crippen molar-refractivity contribution in [2.75, 3.05) is 32.7 Å². The zero-order valence-corrected chi connectivity index (χ0v) is 8.49. The van der Waals surface area contributed by atoms with Gasteiger partial charge in [0.1, 0.15) is 0 Å². The van der Waals surface area contributed by atoms with E-state index in [1.807, 2.05) is 0 Å². The van der Waals surface area contributed by atoms with E-state index in [1.165, 1.54) is 12.8 Å². The van der Waals surface area contributed by atoms with Crippen LogP contribution in [0.2, 0.25) is 0 Å². The summed E-state index contributed by atoms with van der Waals surface area (Å²) in [5.41, 5.74) is 0.551. The Morgan fingerprint density at radius 1 is 1.50 bits per heavy atom. The minimum absolute atomic E-state index is 0.551. The third-order valence-electron chi connectivity index (χ3n) is 2.56. The molecule has 0 aromatic heterocycles. The van der Waals surface area contributed by atoms with Gasteiger partial charge in [-0.25, -0.2) is 0 Å². The van der Waals surface area contributed by atoms with Gasteiger partial charge in [0.15, 0.2) is 0 Å². The van der Waals surface area contributed by atoms with Gasteiger partial charge in [-0.1, -0.05) is 0 Å². The van der Waals surface area contributed by atoms with Crippen LogP contribution in [-0.4, -0.2) is 32.7 Å². The smallest absolute Gasteiger partial charge is 0.0587 e. The molecular formula is C9H18ClNO. The van der Waals surface area contributed by atoms with Gasteiger partial charge < -0.3 is 10.1 Å². The second-order valence-electron chi connectivity index (χ2n) is 3.61. The molecule has 0 bridgehead atoms. The Hall–Kier alpha value is 0.210. The quantitative estimate of drug-likeness (QED) is 0.488. The van der Waals surface area contributed by atoms with Crippen LogP contribution in [0.25, 0.3) is 0 Å². The molecule has 2 nitrogen and oxygen atoms in total. The third-order valence-corrected chi connectivity index (χ3v) is 2.75. The predicted octanol–water partition coefficient (Wildman–Crippen LogP) is 1.63. The minimum atomic E-state index is 0.551. The van der Waals surface area contributed by atoms with E-state index in [1.54, 1.807) is 7.11 Å². The topological polar surface area (TPSA) is 21.3 Å². The molecule has 0 saturated heterocycles. The van der Waals surface area contributed by atoms with Gasteiger partial charge in [-0.15, -0.1) is 11.6 Å². The highest BCUT2D eigenvalue weighted by atomic mass is 35.5. The normalized spacial score (nSPS) is 19.5. The summed E-state index contributed by atoms with van der Waals surface area (Å²) in [6.45, 7) is 2.88. The molecule has 0 spiro atoms. The molecule has 1 aliphatic rings. The van der Waals surface area contributed by atoms with Crippen LogP contribution < -0.4 is 5.32 Å². The molecule has 0 aromatic carbocycles. The van der Waals surface area contributed by atoms with Crippen LogP contribution in [0.5, 0.6) is 0 Å². The van der Waals surface area contributed by atoms with Crippen LogP contribution in [0.4, 0.5) is 0 Å². The van der Waals surface area contributed by atoms with Crippen LogP contribution in [-0.2, 0) is 4.74 Å². The number of halogens is 1. The lowest BCUT2D eigenvalue weighted by Crippen LogP contribution is -2.27. The first-order valence-corrected chi connectivity index (χ1v) is 5.12. The van der Waals surface area contributed by atoms with Crippen molar-refractivity contribution in [2.24, 2.45) is 5.41 Å². The van der Waals surface area contributed by atoms with E-state index in [4.69, 9.17) is 16.3 Å². The fraction of sp³-hybridized carbons (Fsp3) is 1.00. The Bertz CT molecular complexity index is 126. The van der Waals surface area contributed by atoms with Crippen molar-refractivity contribution in [3.05, 3.63) is 0 Å². The molecule has 0 amide bonds. The second-order valence-corrected chi connectivity index (χ2v) is 3.99. The Balaban J connectivity index is 1.98. The average Bonchev–Trinajstić information content (AvgIpc) is 2.81. The highest BCUT2D eigenvalue weighted by Gasteiger charge is 2.40. The molecule has 12 heavy (non-hydrogen) atoms. The SMILES string of the molecule is COCCNCC1(CCCl)CC1. The molecule has 1 saturated carbocycles. The van der Waals surface area contributed by atoms with Crippen molar-refractivity contribution in [3.63, 3.8) is 0 Å². The lowest BCUT2D eigenvalue weighted by atomic mass is 10.0. The van der Waals surface area contributed by atoms with Crippen molar-refractivity contribution in [2.45, 2.75) is 19.3 Å². The molecule has 0 radical (unpaired) electrons. The van der Waals surface area contributed by atoms with Crippen LogP contribution in [0.1, 0.15) is 19.3 Å². The molecule has 1 N–H and O–H groups in total. The average molecular weight is 192 g/mol. The highest BCUT2D eigenvalue weighted by molar-refractivity contribution is 6.17. The molecule has 72 valence electrons. The van der Waals surface area contributed by atoms with E-state index in [-0.39, 0.29) is 0 Å². The third kappa shape index (κ3) is 3.30. The maximum atomic E-state index is 5.71. The van der Waals surface area contributed by atoms with Crippen molar-refractivity contribution >= 4 is 11.6 Å². The number of nitrogens with one attached hydrogen (secondary N) is 1. The number of ether oxygens (including phenoxy) is 1. The van der Waals surface area contributed by atoms with Gasteiger partial charge in [0.05, 0.1) is 6.61 Å². The van der Waals surface area contributed by atoms with Gasteiger partial charge in [-0.05, 0) is 24.7 Å². The van der Waals surface area contributed by atoms with Crippen molar-refractivity contribution in [3.8, 4) is 0 Å². The minimum Gasteiger partial charge on any atom is -0.383 e. The van der Waals surface area contributed by atoms with Crippen molar-refractivity contribution in [1.82, 2.24) is 5.32 Å². The zero-order chi connectivity index (χ0) is 8.86. The van der Waals surface area contributed by atoms with Crippen LogP contribution in [0, 0.1) is 5.41 Å². The highest BCUT2D eigenvalue weighted by Crippen LogP contribution is 2.48. The fourth-order valence-corrected chi connectivity index (χ4v) is 1.82. The Morgan fingerprint density at radius 2 is 2.25 bits per heavy atom. The lowest BCUT2D eigenvalue weighted by Gasteiger charge is -2.13. The van der Waals surface area contributed by atoms with E-state index < -0.39 is 0 Å². The summed E-state index contributed by atoms with van der Waals surface area (Å²) >= 11 is 5.71. The van der Waals surface area contributed by atoms with E-state index in [9.17, 15) is 0 Å². The molecule has 0 unspecified atom stereocenters. The van der Waals surface area contributed by atoms with E-state index in [0.717, 1.165) is 32.0 Å². The molecular weight excluding hydrogens is 174 g/mol. The van der Waals surface area contributed by atoms with Crippen LogP contribution in [0.3, 0.4) is 0 Å². The van der Waals surface area contributed by atoms with Gasteiger partial charge in [0.2, 0.25) is 0 Å². The fourth-order valence-electron chi connectivity index (χ4n) is 1.42. The summed E-state index contributed by atoms with van der Waals surface area (Å²) in [5, 5.41) is 3.39. The zero-order valence-electron chi connectivity index (χ0n) is 7.74. The maximum Gasteiger partial charge on any atom is 0.0587 e. The van der Waals surface area contributed by atoms with Crippen LogP contribution >= 0.6 is 11.6 Å².